The lowest BCUT2D eigenvalue weighted by atomic mass is 10.1. The van der Waals surface area contributed by atoms with Crippen molar-refractivity contribution in [3.8, 4) is 0 Å². The van der Waals surface area contributed by atoms with Crippen LogP contribution in [0.2, 0.25) is 0 Å². The summed E-state index contributed by atoms with van der Waals surface area (Å²) in [7, 11) is 0. The first-order valence-corrected chi connectivity index (χ1v) is 6.89. The molecule has 3 heteroatoms. The van der Waals surface area contributed by atoms with Gasteiger partial charge in [0.1, 0.15) is 6.10 Å². The van der Waals surface area contributed by atoms with Gasteiger partial charge in [-0.1, -0.05) is 36.4 Å². The van der Waals surface area contributed by atoms with Gasteiger partial charge in [-0.3, -0.25) is 4.79 Å². The van der Waals surface area contributed by atoms with Crippen LogP contribution in [0.15, 0.2) is 60.2 Å². The third-order valence-electron chi connectivity index (χ3n) is 3.48. The van der Waals surface area contributed by atoms with Gasteiger partial charge in [0.2, 0.25) is 0 Å². The van der Waals surface area contributed by atoms with E-state index in [2.05, 4.69) is 6.58 Å². The van der Waals surface area contributed by atoms with Gasteiger partial charge < -0.3 is 4.74 Å². The maximum Gasteiger partial charge on any atom is 0.331 e. The Morgan fingerprint density at radius 2 is 2.10 bits per heavy atom. The number of Topliss-reactive ketones (excluding diaryl/α,β-unsaturated/α-hetero) is 1. The highest BCUT2D eigenvalue weighted by molar-refractivity contribution is 6.00. The lowest BCUT2D eigenvalue weighted by Crippen LogP contribution is -2.16. The summed E-state index contributed by atoms with van der Waals surface area (Å²) < 4.78 is 5.35. The molecule has 0 aliphatic heterocycles. The smallest absolute Gasteiger partial charge is 0.331 e. The van der Waals surface area contributed by atoms with Crippen LogP contribution >= 0.6 is 0 Å². The Bertz CT molecular complexity index is 609. The molecule has 0 unspecified atom stereocenters. The lowest BCUT2D eigenvalue weighted by Gasteiger charge is -2.11. The summed E-state index contributed by atoms with van der Waals surface area (Å²) in [5.41, 5.74) is 2.48. The number of carbonyl (C=O) groups is 2. The Morgan fingerprint density at radius 1 is 1.38 bits per heavy atom. The second kappa shape index (κ2) is 6.84. The highest BCUT2D eigenvalue weighted by Gasteiger charge is 2.30. The normalized spacial score (nSPS) is 18.3. The minimum Gasteiger partial charge on any atom is -0.454 e. The molecule has 0 radical (unpaired) electrons. The van der Waals surface area contributed by atoms with E-state index < -0.39 is 12.1 Å². The van der Waals surface area contributed by atoms with Gasteiger partial charge in [0.25, 0.3) is 0 Å². The maximum atomic E-state index is 11.8. The van der Waals surface area contributed by atoms with Crippen LogP contribution < -0.4 is 0 Å². The highest BCUT2D eigenvalue weighted by atomic mass is 16.5. The Morgan fingerprint density at radius 3 is 2.76 bits per heavy atom. The number of carbonyl (C=O) groups excluding carboxylic acids is 2. The quantitative estimate of drug-likeness (QED) is 0.472. The molecule has 1 aliphatic carbocycles. The van der Waals surface area contributed by atoms with Crippen molar-refractivity contribution in [2.24, 2.45) is 0 Å². The topological polar surface area (TPSA) is 43.4 Å². The molecule has 0 saturated heterocycles. The van der Waals surface area contributed by atoms with Crippen LogP contribution in [0.4, 0.5) is 0 Å². The SMILES string of the molecule is C=CCC1=C(C)[C@H](OC(=O)/C=C/c2ccccc2)CC1=O. The summed E-state index contributed by atoms with van der Waals surface area (Å²) >= 11 is 0. The fraction of sp³-hybridized carbons (Fsp3) is 0.222. The van der Waals surface area contributed by atoms with Crippen LogP contribution in [0.3, 0.4) is 0 Å². The fourth-order valence-corrected chi connectivity index (χ4v) is 2.32. The minimum absolute atomic E-state index is 0.0391. The average Bonchev–Trinajstić information content (AvgIpc) is 2.74. The van der Waals surface area contributed by atoms with Gasteiger partial charge in [-0.2, -0.15) is 0 Å². The van der Waals surface area contributed by atoms with Crippen molar-refractivity contribution in [1.82, 2.24) is 0 Å². The summed E-state index contributed by atoms with van der Waals surface area (Å²) in [4.78, 5) is 23.7. The van der Waals surface area contributed by atoms with Gasteiger partial charge in [-0.15, -0.1) is 6.58 Å². The van der Waals surface area contributed by atoms with Crippen LogP contribution in [-0.4, -0.2) is 17.9 Å². The average molecular weight is 282 g/mol. The van der Waals surface area contributed by atoms with Gasteiger partial charge in [0, 0.05) is 11.6 Å². The Hall–Kier alpha value is -2.42. The number of ketones is 1. The molecule has 2 rings (SSSR count). The van der Waals surface area contributed by atoms with Crippen molar-refractivity contribution < 1.29 is 14.3 Å². The van der Waals surface area contributed by atoms with E-state index in [4.69, 9.17) is 4.74 Å². The van der Waals surface area contributed by atoms with Gasteiger partial charge >= 0.3 is 5.97 Å². The molecule has 0 aromatic heterocycles. The van der Waals surface area contributed by atoms with E-state index in [0.717, 1.165) is 16.7 Å². The zero-order valence-electron chi connectivity index (χ0n) is 12.0. The molecule has 1 atom stereocenters. The van der Waals surface area contributed by atoms with Crippen molar-refractivity contribution in [3.05, 3.63) is 65.8 Å². The van der Waals surface area contributed by atoms with E-state index in [-0.39, 0.29) is 12.2 Å². The van der Waals surface area contributed by atoms with Crippen molar-refractivity contribution in [1.29, 1.82) is 0 Å². The molecular formula is C18H18O3. The van der Waals surface area contributed by atoms with Crippen LogP contribution in [0.5, 0.6) is 0 Å². The first-order chi connectivity index (χ1) is 10.1. The molecule has 1 aliphatic rings. The predicted molar refractivity (Wildman–Crippen MR) is 82.5 cm³/mol. The second-order valence-corrected chi connectivity index (χ2v) is 4.95. The van der Waals surface area contributed by atoms with Gasteiger partial charge in [-0.05, 0) is 30.6 Å². The van der Waals surface area contributed by atoms with Gasteiger partial charge in [0.05, 0.1) is 6.42 Å². The molecule has 0 saturated carbocycles. The zero-order valence-corrected chi connectivity index (χ0v) is 12.0. The largest absolute Gasteiger partial charge is 0.454 e. The molecule has 108 valence electrons. The van der Waals surface area contributed by atoms with E-state index in [1.807, 2.05) is 37.3 Å². The summed E-state index contributed by atoms with van der Waals surface area (Å²) in [5.74, 6) is -0.395. The Kier molecular flexibility index (Phi) is 4.88. The van der Waals surface area contributed by atoms with Crippen LogP contribution in [0.1, 0.15) is 25.3 Å². The molecule has 0 amide bonds. The molecule has 0 spiro atoms. The van der Waals surface area contributed by atoms with Crippen molar-refractivity contribution >= 4 is 17.8 Å². The summed E-state index contributed by atoms with van der Waals surface area (Å²) in [6.07, 6.45) is 5.09. The number of esters is 1. The standard InChI is InChI=1S/C18H18O3/c1-3-7-15-13(2)17(12-16(15)19)21-18(20)11-10-14-8-5-4-6-9-14/h3-6,8-11,17H,1,7,12H2,2H3/b11-10+/t17-/m1/s1. The lowest BCUT2D eigenvalue weighted by molar-refractivity contribution is -0.141. The number of allylic oxidation sites excluding steroid dienone is 2. The fourth-order valence-electron chi connectivity index (χ4n) is 2.32. The number of hydrogen-bond donors (Lipinski definition) is 0. The van der Waals surface area contributed by atoms with E-state index in [1.54, 1.807) is 12.2 Å². The van der Waals surface area contributed by atoms with Gasteiger partial charge in [0.15, 0.2) is 5.78 Å². The summed E-state index contributed by atoms with van der Waals surface area (Å²) in [6, 6.07) is 9.51. The third-order valence-corrected chi connectivity index (χ3v) is 3.48. The maximum absolute atomic E-state index is 11.8. The molecule has 1 aromatic carbocycles. The zero-order chi connectivity index (χ0) is 15.2. The van der Waals surface area contributed by atoms with Crippen LogP contribution in [0.25, 0.3) is 6.08 Å². The first-order valence-electron chi connectivity index (χ1n) is 6.89. The third kappa shape index (κ3) is 3.78. The van der Waals surface area contributed by atoms with E-state index in [1.165, 1.54) is 6.08 Å². The van der Waals surface area contributed by atoms with Crippen LogP contribution in [-0.2, 0) is 14.3 Å². The molecule has 1 aromatic rings. The predicted octanol–water partition coefficient (Wildman–Crippen LogP) is 3.48. The van der Waals surface area contributed by atoms with E-state index >= 15 is 0 Å². The minimum atomic E-state index is -0.444. The molecule has 3 nitrogen and oxygen atoms in total. The monoisotopic (exact) mass is 282 g/mol. The number of benzene rings is 1. The highest BCUT2D eigenvalue weighted by Crippen LogP contribution is 2.28. The Balaban J connectivity index is 1.99. The number of ether oxygens (including phenoxy) is 1. The van der Waals surface area contributed by atoms with E-state index in [9.17, 15) is 9.59 Å². The molecule has 21 heavy (non-hydrogen) atoms. The van der Waals surface area contributed by atoms with Crippen molar-refractivity contribution in [2.45, 2.75) is 25.9 Å². The second-order valence-electron chi connectivity index (χ2n) is 4.95. The molecule has 0 N–H and O–H groups in total. The molecule has 0 heterocycles. The summed E-state index contributed by atoms with van der Waals surface area (Å²) in [6.45, 7) is 5.47. The van der Waals surface area contributed by atoms with Crippen molar-refractivity contribution in [2.75, 3.05) is 0 Å². The van der Waals surface area contributed by atoms with E-state index in [0.29, 0.717) is 6.42 Å². The molecule has 0 bridgehead atoms. The first kappa shape index (κ1) is 15.0. The summed E-state index contributed by atoms with van der Waals surface area (Å²) in [5, 5.41) is 0. The molecular weight excluding hydrogens is 264 g/mol. The van der Waals surface area contributed by atoms with Gasteiger partial charge in [-0.25, -0.2) is 4.79 Å². The molecule has 0 fully saturated rings. The van der Waals surface area contributed by atoms with Crippen molar-refractivity contribution in [3.63, 3.8) is 0 Å². The van der Waals surface area contributed by atoms with Crippen LogP contribution in [0, 0.1) is 0 Å². The number of rotatable bonds is 5. The number of hydrogen-bond acceptors (Lipinski definition) is 3. The Labute approximate surface area is 124 Å².